The van der Waals surface area contributed by atoms with Crippen LogP contribution >= 0.6 is 23.2 Å². The molecule has 7 heteroatoms. The summed E-state index contributed by atoms with van der Waals surface area (Å²) in [6.07, 6.45) is 4.53. The molecule has 120 valence electrons. The Bertz CT molecular complexity index is 886. The number of fused-ring (bicyclic) bond motifs is 3. The van der Waals surface area contributed by atoms with Crippen LogP contribution in [0.4, 0.5) is 0 Å². The van der Waals surface area contributed by atoms with Crippen molar-refractivity contribution < 1.29 is 4.74 Å². The van der Waals surface area contributed by atoms with Gasteiger partial charge < -0.3 is 15.0 Å². The maximum atomic E-state index is 6.53. The topological polar surface area (TPSA) is 68.9 Å². The molecule has 0 saturated heterocycles. The van der Waals surface area contributed by atoms with Crippen LogP contribution in [0, 0.1) is 0 Å². The second-order valence-electron chi connectivity index (χ2n) is 5.62. The fourth-order valence-electron chi connectivity index (χ4n) is 3.44. The summed E-state index contributed by atoms with van der Waals surface area (Å²) in [6.45, 7) is 3.31. The van der Waals surface area contributed by atoms with E-state index in [1.54, 1.807) is 12.3 Å². The van der Waals surface area contributed by atoms with Crippen molar-refractivity contribution in [3.63, 3.8) is 0 Å². The zero-order valence-electron chi connectivity index (χ0n) is 12.6. The normalized spacial score (nSPS) is 17.0. The van der Waals surface area contributed by atoms with Crippen molar-refractivity contribution >= 4 is 34.1 Å². The van der Waals surface area contributed by atoms with Gasteiger partial charge in [0.1, 0.15) is 5.75 Å². The quantitative estimate of drug-likeness (QED) is 0.745. The van der Waals surface area contributed by atoms with Gasteiger partial charge in [-0.2, -0.15) is 5.10 Å². The number of rotatable bonds is 3. The van der Waals surface area contributed by atoms with Gasteiger partial charge in [-0.05, 0) is 13.3 Å². The third-order valence-electron chi connectivity index (χ3n) is 4.33. The molecule has 0 bridgehead atoms. The van der Waals surface area contributed by atoms with E-state index in [4.69, 9.17) is 33.7 Å². The highest BCUT2D eigenvalue weighted by atomic mass is 35.5. The Kier molecular flexibility index (Phi) is 3.52. The van der Waals surface area contributed by atoms with E-state index < -0.39 is 0 Å². The summed E-state index contributed by atoms with van der Waals surface area (Å²) in [7, 11) is 0. The number of aromatic nitrogens is 3. The van der Waals surface area contributed by atoms with E-state index >= 15 is 0 Å². The predicted molar refractivity (Wildman–Crippen MR) is 92.3 cm³/mol. The highest BCUT2D eigenvalue weighted by Crippen LogP contribution is 2.49. The molecule has 1 aliphatic heterocycles. The van der Waals surface area contributed by atoms with E-state index in [0.29, 0.717) is 16.7 Å². The molecule has 3 N–H and O–H groups in total. The zero-order valence-corrected chi connectivity index (χ0v) is 14.1. The Hall–Kier alpha value is -1.69. The molecular formula is C16H16Cl2N4O. The fraction of sp³-hybridized carbons (Fsp3) is 0.312. The first kappa shape index (κ1) is 14.9. The number of nitrogens with one attached hydrogen (secondary N) is 1. The lowest BCUT2D eigenvalue weighted by Crippen LogP contribution is -2.06. The maximum absolute atomic E-state index is 6.53. The van der Waals surface area contributed by atoms with Crippen molar-refractivity contribution in [3.05, 3.63) is 34.2 Å². The molecule has 0 aliphatic carbocycles. The molecule has 23 heavy (non-hydrogen) atoms. The zero-order chi connectivity index (χ0) is 16.1. The second kappa shape index (κ2) is 5.44. The molecule has 4 rings (SSSR count). The number of hydrogen-bond acceptors (Lipinski definition) is 3. The van der Waals surface area contributed by atoms with Crippen LogP contribution in [-0.2, 0) is 6.54 Å². The van der Waals surface area contributed by atoms with Gasteiger partial charge in [0.2, 0.25) is 0 Å². The largest absolute Gasteiger partial charge is 0.493 e. The van der Waals surface area contributed by atoms with Crippen molar-refractivity contribution in [2.24, 2.45) is 5.73 Å². The van der Waals surface area contributed by atoms with Gasteiger partial charge >= 0.3 is 0 Å². The summed E-state index contributed by atoms with van der Waals surface area (Å²) in [5.74, 6) is 0.724. The Morgan fingerprint density at radius 3 is 3.00 bits per heavy atom. The molecule has 3 aromatic rings. The number of hydrogen-bond donors (Lipinski definition) is 2. The standard InChI is InChI=1S/C16H16Cl2N4O/c1-2-23-11-5-9(17)14(18)16-13(11)12(8-6-20-21-7-8)15-10(19)3-4-22(15)16/h5-7,10H,2-4,19H2,1H3,(H,20,21)/t10-/m0/s1. The summed E-state index contributed by atoms with van der Waals surface area (Å²) >= 11 is 12.9. The van der Waals surface area contributed by atoms with Crippen LogP contribution in [0.3, 0.4) is 0 Å². The number of ether oxygens (including phenoxy) is 1. The number of H-pyrrole nitrogens is 1. The third-order valence-corrected chi connectivity index (χ3v) is 5.10. The molecule has 1 aromatic carbocycles. The van der Waals surface area contributed by atoms with Crippen molar-refractivity contribution in [1.29, 1.82) is 0 Å². The molecule has 3 heterocycles. The van der Waals surface area contributed by atoms with E-state index in [0.717, 1.165) is 46.4 Å². The van der Waals surface area contributed by atoms with Gasteiger partial charge in [0, 0.05) is 41.7 Å². The smallest absolute Gasteiger partial charge is 0.130 e. The van der Waals surface area contributed by atoms with Gasteiger partial charge in [-0.3, -0.25) is 5.10 Å². The lowest BCUT2D eigenvalue weighted by molar-refractivity contribution is 0.344. The predicted octanol–water partition coefficient (Wildman–Crippen LogP) is 4.14. The van der Waals surface area contributed by atoms with Gasteiger partial charge in [0.05, 0.1) is 33.8 Å². The minimum Gasteiger partial charge on any atom is -0.493 e. The van der Waals surface area contributed by atoms with E-state index in [1.165, 1.54) is 0 Å². The Morgan fingerprint density at radius 2 is 2.30 bits per heavy atom. The monoisotopic (exact) mass is 350 g/mol. The second-order valence-corrected chi connectivity index (χ2v) is 6.41. The van der Waals surface area contributed by atoms with Crippen LogP contribution in [0.1, 0.15) is 25.1 Å². The number of aromatic amines is 1. The number of benzene rings is 1. The molecule has 0 amide bonds. The molecule has 0 radical (unpaired) electrons. The van der Waals surface area contributed by atoms with Crippen LogP contribution in [0.2, 0.25) is 10.0 Å². The summed E-state index contributed by atoms with van der Waals surface area (Å²) in [5.41, 5.74) is 10.3. The highest BCUT2D eigenvalue weighted by molar-refractivity contribution is 6.45. The van der Waals surface area contributed by atoms with Crippen LogP contribution in [-0.4, -0.2) is 21.4 Å². The fourth-order valence-corrected chi connectivity index (χ4v) is 3.88. The van der Waals surface area contributed by atoms with Gasteiger partial charge in [0.15, 0.2) is 0 Å². The van der Waals surface area contributed by atoms with Crippen molar-refractivity contribution in [2.75, 3.05) is 6.61 Å². The minimum absolute atomic E-state index is 0.0448. The number of nitrogens with zero attached hydrogens (tertiary/aromatic N) is 2. The molecule has 2 aromatic heterocycles. The summed E-state index contributed by atoms with van der Waals surface area (Å²) < 4.78 is 8.00. The summed E-state index contributed by atoms with van der Waals surface area (Å²) in [5, 5.41) is 8.92. The van der Waals surface area contributed by atoms with Gasteiger partial charge in [0.25, 0.3) is 0 Å². The third kappa shape index (κ3) is 2.07. The van der Waals surface area contributed by atoms with Gasteiger partial charge in [-0.1, -0.05) is 23.2 Å². The summed E-state index contributed by atoms with van der Waals surface area (Å²) in [4.78, 5) is 0. The van der Waals surface area contributed by atoms with Crippen LogP contribution < -0.4 is 10.5 Å². The maximum Gasteiger partial charge on any atom is 0.130 e. The van der Waals surface area contributed by atoms with Gasteiger partial charge in [-0.15, -0.1) is 0 Å². The molecule has 1 aliphatic rings. The number of halogens is 2. The van der Waals surface area contributed by atoms with Crippen molar-refractivity contribution in [3.8, 4) is 16.9 Å². The highest BCUT2D eigenvalue weighted by Gasteiger charge is 2.31. The molecular weight excluding hydrogens is 335 g/mol. The minimum atomic E-state index is -0.0448. The number of aryl methyl sites for hydroxylation is 1. The first-order chi connectivity index (χ1) is 11.1. The molecule has 0 saturated carbocycles. The van der Waals surface area contributed by atoms with Crippen LogP contribution in [0.25, 0.3) is 22.0 Å². The Morgan fingerprint density at radius 1 is 1.48 bits per heavy atom. The van der Waals surface area contributed by atoms with Gasteiger partial charge in [-0.25, -0.2) is 0 Å². The van der Waals surface area contributed by atoms with Crippen molar-refractivity contribution in [1.82, 2.24) is 14.8 Å². The Labute approximate surface area is 143 Å². The van der Waals surface area contributed by atoms with Crippen LogP contribution in [0.5, 0.6) is 5.75 Å². The molecule has 0 spiro atoms. The average molecular weight is 351 g/mol. The molecule has 1 atom stereocenters. The van der Waals surface area contributed by atoms with Crippen LogP contribution in [0.15, 0.2) is 18.5 Å². The molecule has 5 nitrogen and oxygen atoms in total. The van der Waals surface area contributed by atoms with E-state index in [2.05, 4.69) is 14.8 Å². The lowest BCUT2D eigenvalue weighted by Gasteiger charge is -2.11. The Balaban J connectivity index is 2.18. The van der Waals surface area contributed by atoms with E-state index in [9.17, 15) is 0 Å². The molecule has 0 unspecified atom stereocenters. The summed E-state index contributed by atoms with van der Waals surface area (Å²) in [6, 6.07) is 1.73. The SMILES string of the molecule is CCOc1cc(Cl)c(Cl)c2c1c(-c1cn[nH]c1)c1n2CC[C@@H]1N. The van der Waals surface area contributed by atoms with E-state index in [-0.39, 0.29) is 6.04 Å². The lowest BCUT2D eigenvalue weighted by atomic mass is 10.0. The van der Waals surface area contributed by atoms with Crippen molar-refractivity contribution in [2.45, 2.75) is 25.9 Å². The number of nitrogens with two attached hydrogens (primary N) is 1. The first-order valence-corrected chi connectivity index (χ1v) is 8.30. The first-order valence-electron chi connectivity index (χ1n) is 7.55. The molecule has 0 fully saturated rings. The van der Waals surface area contributed by atoms with E-state index in [1.807, 2.05) is 13.1 Å². The average Bonchev–Trinajstić information content (AvgIpc) is 3.22.